The van der Waals surface area contributed by atoms with Crippen LogP contribution in [-0.2, 0) is 7.05 Å². The lowest BCUT2D eigenvalue weighted by molar-refractivity contribution is 0.101. The number of halogens is 1. The van der Waals surface area contributed by atoms with Crippen LogP contribution in [0.25, 0.3) is 0 Å². The monoisotopic (exact) mass is 308 g/mol. The Morgan fingerprint density at radius 3 is 2.83 bits per heavy atom. The van der Waals surface area contributed by atoms with Gasteiger partial charge in [0.25, 0.3) is 5.91 Å². The van der Waals surface area contributed by atoms with Crippen molar-refractivity contribution in [1.29, 1.82) is 0 Å². The van der Waals surface area contributed by atoms with E-state index in [4.69, 9.17) is 5.73 Å². The van der Waals surface area contributed by atoms with Crippen LogP contribution < -0.4 is 11.1 Å². The number of aromatic nitrogens is 2. The molecule has 6 heteroatoms. The fraction of sp³-hybridized carbons (Fsp3) is 0.167. The molecule has 0 unspecified atom stereocenters. The highest BCUT2D eigenvalue weighted by Gasteiger charge is 2.12. The number of imidazole rings is 1. The Morgan fingerprint density at radius 2 is 2.22 bits per heavy atom. The number of nitrogens with zero attached hydrogens (tertiary/aromatic N) is 2. The maximum absolute atomic E-state index is 12.0. The molecule has 1 heterocycles. The van der Waals surface area contributed by atoms with Crippen molar-refractivity contribution in [2.75, 3.05) is 11.1 Å². The Kier molecular flexibility index (Phi) is 3.38. The zero-order valence-corrected chi connectivity index (χ0v) is 11.7. The van der Waals surface area contributed by atoms with Crippen molar-refractivity contribution >= 4 is 33.2 Å². The van der Waals surface area contributed by atoms with E-state index in [0.717, 1.165) is 10.0 Å². The number of nitrogens with one attached hydrogen (secondary N) is 1. The Balaban J connectivity index is 2.28. The van der Waals surface area contributed by atoms with Gasteiger partial charge in [0.2, 0.25) is 0 Å². The second-order valence-electron chi connectivity index (χ2n) is 4.03. The molecule has 2 rings (SSSR count). The van der Waals surface area contributed by atoms with E-state index in [1.54, 1.807) is 24.0 Å². The average Bonchev–Trinajstić information content (AvgIpc) is 2.72. The first-order valence-corrected chi connectivity index (χ1v) is 6.11. The number of benzene rings is 1. The van der Waals surface area contributed by atoms with E-state index in [1.807, 2.05) is 13.0 Å². The standard InChI is InChI=1S/C12H13BrN4O/c1-7-3-8(13)10(4-9(7)14)16-12(18)11-5-15-6-17(11)2/h3-6H,14H2,1-2H3,(H,16,18). The first-order valence-electron chi connectivity index (χ1n) is 5.32. The molecule has 0 atom stereocenters. The summed E-state index contributed by atoms with van der Waals surface area (Å²) in [5, 5.41) is 2.79. The van der Waals surface area contributed by atoms with Crippen molar-refractivity contribution in [3.63, 3.8) is 0 Å². The molecule has 1 amide bonds. The number of aryl methyl sites for hydroxylation is 2. The second-order valence-corrected chi connectivity index (χ2v) is 4.89. The normalized spacial score (nSPS) is 10.4. The van der Waals surface area contributed by atoms with Crippen molar-refractivity contribution in [2.45, 2.75) is 6.92 Å². The van der Waals surface area contributed by atoms with Crippen molar-refractivity contribution in [2.24, 2.45) is 7.05 Å². The number of anilines is 2. The molecule has 94 valence electrons. The smallest absolute Gasteiger partial charge is 0.273 e. The summed E-state index contributed by atoms with van der Waals surface area (Å²) in [6, 6.07) is 3.60. The topological polar surface area (TPSA) is 72.9 Å². The van der Waals surface area contributed by atoms with Crippen LogP contribution in [0.4, 0.5) is 11.4 Å². The molecule has 3 N–H and O–H groups in total. The molecule has 0 spiro atoms. The van der Waals surface area contributed by atoms with E-state index < -0.39 is 0 Å². The summed E-state index contributed by atoms with van der Waals surface area (Å²) in [6.45, 7) is 1.91. The fourth-order valence-electron chi connectivity index (χ4n) is 1.55. The summed E-state index contributed by atoms with van der Waals surface area (Å²) in [6.07, 6.45) is 3.09. The van der Waals surface area contributed by atoms with E-state index in [1.165, 1.54) is 6.20 Å². The van der Waals surface area contributed by atoms with Crippen molar-refractivity contribution in [3.8, 4) is 0 Å². The number of carbonyl (C=O) groups excluding carboxylic acids is 1. The number of carbonyl (C=O) groups is 1. The summed E-state index contributed by atoms with van der Waals surface area (Å²) in [7, 11) is 1.76. The number of hydrogen-bond acceptors (Lipinski definition) is 3. The highest BCUT2D eigenvalue weighted by atomic mass is 79.9. The average molecular weight is 309 g/mol. The van der Waals surface area contributed by atoms with Gasteiger partial charge < -0.3 is 15.6 Å². The lowest BCUT2D eigenvalue weighted by Gasteiger charge is -2.10. The maximum atomic E-state index is 12.0. The van der Waals surface area contributed by atoms with Gasteiger partial charge in [-0.3, -0.25) is 4.79 Å². The summed E-state index contributed by atoms with van der Waals surface area (Å²) in [4.78, 5) is 15.9. The van der Waals surface area contributed by atoms with Gasteiger partial charge in [-0.15, -0.1) is 0 Å². The highest BCUT2D eigenvalue weighted by Crippen LogP contribution is 2.28. The predicted octanol–water partition coefficient (Wildman–Crippen LogP) is 2.33. The van der Waals surface area contributed by atoms with E-state index in [2.05, 4.69) is 26.2 Å². The molecule has 0 bridgehead atoms. The lowest BCUT2D eigenvalue weighted by Crippen LogP contribution is -2.15. The molecule has 5 nitrogen and oxygen atoms in total. The van der Waals surface area contributed by atoms with Crippen LogP contribution >= 0.6 is 15.9 Å². The van der Waals surface area contributed by atoms with Gasteiger partial charge in [0.15, 0.2) is 0 Å². The zero-order valence-electron chi connectivity index (χ0n) is 10.1. The third-order valence-corrected chi connectivity index (χ3v) is 3.31. The predicted molar refractivity (Wildman–Crippen MR) is 74.5 cm³/mol. The van der Waals surface area contributed by atoms with Gasteiger partial charge in [-0.25, -0.2) is 4.98 Å². The summed E-state index contributed by atoms with van der Waals surface area (Å²) in [5.74, 6) is -0.223. The quantitative estimate of drug-likeness (QED) is 0.836. The van der Waals surface area contributed by atoms with Crippen LogP contribution in [-0.4, -0.2) is 15.5 Å². The Hall–Kier alpha value is -1.82. The van der Waals surface area contributed by atoms with Crippen LogP contribution in [0.3, 0.4) is 0 Å². The van der Waals surface area contributed by atoms with Gasteiger partial charge >= 0.3 is 0 Å². The molecule has 2 aromatic rings. The Bertz CT molecular complexity index is 606. The summed E-state index contributed by atoms with van der Waals surface area (Å²) in [5.41, 5.74) is 8.55. The van der Waals surface area contributed by atoms with Crippen molar-refractivity contribution < 1.29 is 4.79 Å². The molecule has 0 fully saturated rings. The molecule has 18 heavy (non-hydrogen) atoms. The van der Waals surface area contributed by atoms with Crippen LogP contribution in [0.2, 0.25) is 0 Å². The first-order chi connectivity index (χ1) is 8.49. The molecule has 0 saturated carbocycles. The summed E-state index contributed by atoms with van der Waals surface area (Å²) >= 11 is 3.40. The fourth-order valence-corrected chi connectivity index (χ4v) is 2.10. The van der Waals surface area contributed by atoms with Gasteiger partial charge in [-0.1, -0.05) is 0 Å². The Labute approximate surface area is 113 Å². The molecule has 1 aromatic carbocycles. The number of rotatable bonds is 2. The Morgan fingerprint density at radius 1 is 1.50 bits per heavy atom. The van der Waals surface area contributed by atoms with Gasteiger partial charge in [-0.05, 0) is 40.5 Å². The summed E-state index contributed by atoms with van der Waals surface area (Å²) < 4.78 is 2.45. The van der Waals surface area contributed by atoms with Crippen molar-refractivity contribution in [1.82, 2.24) is 9.55 Å². The molecule has 0 aliphatic rings. The molecule has 0 radical (unpaired) electrons. The first kappa shape index (κ1) is 12.6. The molecule has 0 aliphatic heterocycles. The van der Waals surface area contributed by atoms with Gasteiger partial charge in [0.05, 0.1) is 18.2 Å². The van der Waals surface area contributed by atoms with E-state index >= 15 is 0 Å². The lowest BCUT2D eigenvalue weighted by atomic mass is 10.2. The molecule has 1 aromatic heterocycles. The molecule has 0 saturated heterocycles. The number of nitrogen functional groups attached to an aromatic ring is 1. The largest absolute Gasteiger partial charge is 0.398 e. The minimum atomic E-state index is -0.223. The third kappa shape index (κ3) is 2.38. The van der Waals surface area contributed by atoms with Gasteiger partial charge in [0.1, 0.15) is 5.69 Å². The molecular formula is C12H13BrN4O. The highest BCUT2D eigenvalue weighted by molar-refractivity contribution is 9.10. The van der Waals surface area contributed by atoms with E-state index in [0.29, 0.717) is 17.1 Å². The number of nitrogens with two attached hydrogens (primary N) is 1. The van der Waals surface area contributed by atoms with Crippen LogP contribution in [0.5, 0.6) is 0 Å². The molecule has 0 aliphatic carbocycles. The van der Waals surface area contributed by atoms with Gasteiger partial charge in [-0.2, -0.15) is 0 Å². The number of hydrogen-bond donors (Lipinski definition) is 2. The number of amides is 1. The van der Waals surface area contributed by atoms with Crippen LogP contribution in [0.1, 0.15) is 16.1 Å². The van der Waals surface area contributed by atoms with E-state index in [9.17, 15) is 4.79 Å². The van der Waals surface area contributed by atoms with Crippen molar-refractivity contribution in [3.05, 3.63) is 40.4 Å². The third-order valence-electron chi connectivity index (χ3n) is 2.65. The molecular weight excluding hydrogens is 296 g/mol. The minimum Gasteiger partial charge on any atom is -0.398 e. The van der Waals surface area contributed by atoms with Crippen LogP contribution in [0.15, 0.2) is 29.1 Å². The SMILES string of the molecule is Cc1cc(Br)c(NC(=O)c2cncn2C)cc1N. The second kappa shape index (κ2) is 4.81. The maximum Gasteiger partial charge on any atom is 0.273 e. The van der Waals surface area contributed by atoms with E-state index in [-0.39, 0.29) is 5.91 Å². The minimum absolute atomic E-state index is 0.223. The zero-order chi connectivity index (χ0) is 13.3. The van der Waals surface area contributed by atoms with Crippen LogP contribution in [0, 0.1) is 6.92 Å². The van der Waals surface area contributed by atoms with Gasteiger partial charge in [0, 0.05) is 17.2 Å².